The van der Waals surface area contributed by atoms with E-state index in [2.05, 4.69) is 10.6 Å². The van der Waals surface area contributed by atoms with Crippen molar-refractivity contribution >= 4 is 38.9 Å². The molecule has 2 N–H and O–H groups in total. The number of nitrogens with one attached hydrogen (secondary N) is 2. The monoisotopic (exact) mass is 510 g/mol. The van der Waals surface area contributed by atoms with Crippen molar-refractivity contribution in [2.75, 3.05) is 25.5 Å². The Morgan fingerprint density at radius 2 is 1.75 bits per heavy atom. The van der Waals surface area contributed by atoms with E-state index in [-0.39, 0.29) is 22.6 Å². The van der Waals surface area contributed by atoms with Crippen molar-refractivity contribution in [3.8, 4) is 0 Å². The van der Waals surface area contributed by atoms with Crippen LogP contribution >= 0.6 is 0 Å². The highest BCUT2D eigenvalue weighted by molar-refractivity contribution is 7.95. The second-order valence-corrected chi connectivity index (χ2v) is 11.5. The fourth-order valence-corrected chi connectivity index (χ4v) is 6.39. The number of amides is 2. The number of hydrogen-bond acceptors (Lipinski definition) is 6. The normalized spacial score (nSPS) is 18.7. The Morgan fingerprint density at radius 3 is 2.33 bits per heavy atom. The van der Waals surface area contributed by atoms with Crippen molar-refractivity contribution in [1.29, 1.82) is 0 Å². The molecule has 2 fully saturated rings. The minimum atomic E-state index is -3.67. The third-order valence-electron chi connectivity index (χ3n) is 6.96. The molecular weight excluding hydrogens is 480 g/mol. The number of carbonyl (C=O) groups excluding carboxylic acids is 2. The Balaban J connectivity index is 1.38. The number of aryl methyl sites for hydroxylation is 1. The zero-order valence-corrected chi connectivity index (χ0v) is 21.4. The largest absolute Gasteiger partial charge is 0.593 e. The Morgan fingerprint density at radius 1 is 1.08 bits per heavy atom. The van der Waals surface area contributed by atoms with E-state index in [1.54, 1.807) is 23.9 Å². The molecule has 190 valence electrons. The number of sulfonamides is 1. The zero-order valence-electron chi connectivity index (χ0n) is 20.6. The highest BCUT2D eigenvalue weighted by Crippen LogP contribution is 2.42. The molecule has 2 aromatic heterocycles. The van der Waals surface area contributed by atoms with Gasteiger partial charge in [-0.1, -0.05) is 4.21 Å². The molecule has 1 aliphatic heterocycles. The van der Waals surface area contributed by atoms with Crippen LogP contribution in [0, 0.1) is 0 Å². The molecule has 2 amide bonds. The van der Waals surface area contributed by atoms with Crippen molar-refractivity contribution in [3.05, 3.63) is 47.3 Å². The minimum absolute atomic E-state index is 0.0132. The topological polar surface area (TPSA) is 132 Å². The summed E-state index contributed by atoms with van der Waals surface area (Å²) in [7, 11) is -0.206. The van der Waals surface area contributed by atoms with Crippen molar-refractivity contribution in [1.82, 2.24) is 24.4 Å². The van der Waals surface area contributed by atoms with E-state index in [9.17, 15) is 18.4 Å². The van der Waals surface area contributed by atoms with Gasteiger partial charge in [0.05, 0.1) is 16.6 Å². The standard InChI is InChI=1S/C25H30N6O4S/c1-15(32)27-18-6-8-19(9-7-18)36(34,35)31-12-10-17(11-13-31)23-22-20(25(33)26-2)14-21(16-4-5-16)28-24(22)30(3)29-23/h6-9,14,16-17H,4-5,10-13H2,1-3H3,(H2-,26,27,32,33,34,35). The van der Waals surface area contributed by atoms with E-state index in [1.807, 2.05) is 13.1 Å². The van der Waals surface area contributed by atoms with E-state index in [4.69, 9.17) is 10.1 Å². The lowest BCUT2D eigenvalue weighted by molar-refractivity contribution is -0.114. The second kappa shape index (κ2) is 9.38. The first-order chi connectivity index (χ1) is 17.2. The summed E-state index contributed by atoms with van der Waals surface area (Å²) in [4.78, 5) is 29.1. The van der Waals surface area contributed by atoms with Crippen LogP contribution in [0.5, 0.6) is 0 Å². The van der Waals surface area contributed by atoms with E-state index in [0.717, 1.165) is 29.6 Å². The average Bonchev–Trinajstić information content (AvgIpc) is 3.67. The molecule has 3 heterocycles. The highest BCUT2D eigenvalue weighted by Gasteiger charge is 2.37. The molecule has 1 saturated carbocycles. The SMILES string of the molecule is CNC(=O)c1cc(C2CC2)nc2c1c(C1CCN([S+](=O)([O-])c3ccc(NC(C)=O)cc3)CC1)nn2C. The predicted molar refractivity (Wildman–Crippen MR) is 135 cm³/mol. The van der Waals surface area contributed by atoms with Crippen molar-refractivity contribution in [2.24, 2.45) is 7.05 Å². The van der Waals surface area contributed by atoms with Crippen LogP contribution in [-0.4, -0.2) is 55.6 Å². The summed E-state index contributed by atoms with van der Waals surface area (Å²) in [6.45, 7) is 2.10. The van der Waals surface area contributed by atoms with Crippen LogP contribution in [0.1, 0.15) is 66.2 Å². The van der Waals surface area contributed by atoms with Gasteiger partial charge >= 0.3 is 0 Å². The smallest absolute Gasteiger partial charge is 0.251 e. The number of carbonyl (C=O) groups is 2. The van der Waals surface area contributed by atoms with Crippen LogP contribution in [0.25, 0.3) is 11.0 Å². The van der Waals surface area contributed by atoms with Crippen molar-refractivity contribution in [3.63, 3.8) is 0 Å². The lowest BCUT2D eigenvalue weighted by Crippen LogP contribution is -2.41. The van der Waals surface area contributed by atoms with Crippen LogP contribution < -0.4 is 10.6 Å². The summed E-state index contributed by atoms with van der Waals surface area (Å²) >= 11 is 0. The number of nitrogens with zero attached hydrogens (tertiary/aromatic N) is 4. The van der Waals surface area contributed by atoms with Crippen LogP contribution in [0.3, 0.4) is 0 Å². The van der Waals surface area contributed by atoms with Gasteiger partial charge in [-0.05, 0) is 56.0 Å². The third kappa shape index (κ3) is 4.54. The molecule has 1 unspecified atom stereocenters. The molecule has 1 atom stereocenters. The summed E-state index contributed by atoms with van der Waals surface area (Å²) in [5.41, 5.74) is 3.57. The van der Waals surface area contributed by atoms with Gasteiger partial charge in [-0.3, -0.25) is 14.3 Å². The Bertz CT molecular complexity index is 1370. The number of benzene rings is 1. The number of fused-ring (bicyclic) bond motifs is 1. The number of rotatable bonds is 6. The number of piperidine rings is 1. The summed E-state index contributed by atoms with van der Waals surface area (Å²) in [6.07, 6.45) is 3.35. The summed E-state index contributed by atoms with van der Waals surface area (Å²) in [5.74, 6) is 0.0331. The fraction of sp³-hybridized carbons (Fsp3) is 0.440. The van der Waals surface area contributed by atoms with Gasteiger partial charge in [0.15, 0.2) is 20.9 Å². The predicted octanol–water partition coefficient (Wildman–Crippen LogP) is 2.95. The van der Waals surface area contributed by atoms with E-state index < -0.39 is 10.4 Å². The first-order valence-corrected chi connectivity index (χ1v) is 13.6. The Kier molecular flexibility index (Phi) is 6.39. The molecule has 1 aromatic carbocycles. The van der Waals surface area contributed by atoms with Crippen molar-refractivity contribution in [2.45, 2.75) is 49.3 Å². The molecule has 1 saturated heterocycles. The van der Waals surface area contributed by atoms with Gasteiger partial charge in [0.25, 0.3) is 5.91 Å². The Labute approximate surface area is 210 Å². The fourth-order valence-electron chi connectivity index (χ4n) is 4.92. The quantitative estimate of drug-likeness (QED) is 0.490. The first-order valence-electron chi connectivity index (χ1n) is 12.2. The number of hydrogen-bond donors (Lipinski definition) is 2. The van der Waals surface area contributed by atoms with Gasteiger partial charge < -0.3 is 15.2 Å². The molecular formula is C25H30N6O4S. The van der Waals surface area contributed by atoms with Gasteiger partial charge in [0, 0.05) is 57.3 Å². The molecule has 3 aromatic rings. The maximum absolute atomic E-state index is 13.2. The molecule has 10 nitrogen and oxygen atoms in total. The van der Waals surface area contributed by atoms with Gasteiger partial charge in [-0.15, -0.1) is 4.31 Å². The van der Waals surface area contributed by atoms with Crippen LogP contribution in [0.15, 0.2) is 35.2 Å². The molecule has 5 rings (SSSR count). The number of aromatic nitrogens is 3. The van der Waals surface area contributed by atoms with Gasteiger partial charge in [0.2, 0.25) is 5.91 Å². The molecule has 0 radical (unpaired) electrons. The summed E-state index contributed by atoms with van der Waals surface area (Å²) in [5, 5.41) is 10.9. The molecule has 11 heteroatoms. The lowest BCUT2D eigenvalue weighted by Gasteiger charge is -2.33. The maximum Gasteiger partial charge on any atom is 0.251 e. The molecule has 0 spiro atoms. The van der Waals surface area contributed by atoms with Crippen molar-refractivity contribution < 1.29 is 18.4 Å². The van der Waals surface area contributed by atoms with Crippen LogP contribution in [-0.2, 0) is 26.5 Å². The van der Waals surface area contributed by atoms with E-state index in [1.165, 1.54) is 23.4 Å². The molecule has 36 heavy (non-hydrogen) atoms. The Hall–Kier alpha value is -3.15. The third-order valence-corrected chi connectivity index (χ3v) is 8.87. The maximum atomic E-state index is 13.2. The van der Waals surface area contributed by atoms with Gasteiger partial charge in [0.1, 0.15) is 0 Å². The van der Waals surface area contributed by atoms with E-state index >= 15 is 0 Å². The molecule has 2 aliphatic rings. The van der Waals surface area contributed by atoms with Gasteiger partial charge in [-0.2, -0.15) is 5.10 Å². The van der Waals surface area contributed by atoms with Crippen LogP contribution in [0.4, 0.5) is 5.69 Å². The lowest BCUT2D eigenvalue weighted by atomic mass is 9.91. The second-order valence-electron chi connectivity index (χ2n) is 9.54. The van der Waals surface area contributed by atoms with Crippen LogP contribution in [0.2, 0.25) is 0 Å². The zero-order chi connectivity index (χ0) is 25.6. The first kappa shape index (κ1) is 24.5. The minimum Gasteiger partial charge on any atom is -0.593 e. The number of pyridine rings is 1. The average molecular weight is 511 g/mol. The highest BCUT2D eigenvalue weighted by atomic mass is 32.3. The number of anilines is 1. The summed E-state index contributed by atoms with van der Waals surface area (Å²) < 4.78 is 29.7. The molecule has 1 aliphatic carbocycles. The van der Waals surface area contributed by atoms with Gasteiger partial charge in [-0.25, -0.2) is 4.98 Å². The molecule has 0 bridgehead atoms. The van der Waals surface area contributed by atoms with E-state index in [0.29, 0.717) is 48.7 Å². The summed E-state index contributed by atoms with van der Waals surface area (Å²) in [6, 6.07) is 8.10.